The highest BCUT2D eigenvalue weighted by Crippen LogP contribution is 2.37. The van der Waals surface area contributed by atoms with Crippen LogP contribution >= 0.6 is 0 Å². The normalized spacial score (nSPS) is 21.9. The minimum Gasteiger partial charge on any atom is -0.481 e. The third kappa shape index (κ3) is 2.93. The largest absolute Gasteiger partial charge is 0.481 e. The molecule has 1 fully saturated rings. The molecule has 2 atom stereocenters. The Labute approximate surface area is 131 Å². The molecule has 5 heteroatoms. The van der Waals surface area contributed by atoms with Crippen LogP contribution in [0.5, 0.6) is 5.88 Å². The monoisotopic (exact) mass is 301 g/mol. The maximum absolute atomic E-state index is 6.00. The van der Waals surface area contributed by atoms with Crippen LogP contribution in [0.2, 0.25) is 0 Å². The predicted molar refractivity (Wildman–Crippen MR) is 85.2 cm³/mol. The zero-order chi connectivity index (χ0) is 15.5. The number of ether oxygens (including phenoxy) is 1. The molecule has 1 saturated heterocycles. The number of nitrogens with zero attached hydrogens (tertiary/aromatic N) is 3. The Bertz CT molecular complexity index is 626. The van der Waals surface area contributed by atoms with Gasteiger partial charge in [0.05, 0.1) is 13.2 Å². The van der Waals surface area contributed by atoms with Crippen molar-refractivity contribution in [2.75, 3.05) is 18.6 Å². The highest BCUT2D eigenvalue weighted by atomic mass is 16.5. The molecule has 1 aliphatic heterocycles. The number of aryl methyl sites for hydroxylation is 1. The van der Waals surface area contributed by atoms with Crippen LogP contribution in [0.15, 0.2) is 28.8 Å². The molecule has 0 aromatic carbocycles. The number of hydrogen-bond donors (Lipinski definition) is 0. The summed E-state index contributed by atoms with van der Waals surface area (Å²) in [6, 6.07) is 6.12. The summed E-state index contributed by atoms with van der Waals surface area (Å²) in [5.74, 6) is 4.01. The van der Waals surface area contributed by atoms with Crippen LogP contribution in [-0.2, 0) is 6.42 Å². The van der Waals surface area contributed by atoms with Crippen LogP contribution < -0.4 is 9.64 Å². The second-order valence-electron chi connectivity index (χ2n) is 5.90. The van der Waals surface area contributed by atoms with Crippen LogP contribution in [-0.4, -0.2) is 23.6 Å². The highest BCUT2D eigenvalue weighted by Gasteiger charge is 2.31. The van der Waals surface area contributed by atoms with E-state index in [-0.39, 0.29) is 6.04 Å². The lowest BCUT2D eigenvalue weighted by atomic mass is 9.91. The molecule has 0 aliphatic carbocycles. The van der Waals surface area contributed by atoms with Gasteiger partial charge in [0.15, 0.2) is 0 Å². The van der Waals surface area contributed by atoms with Crippen molar-refractivity contribution in [1.82, 2.24) is 9.97 Å². The van der Waals surface area contributed by atoms with Gasteiger partial charge in [-0.05, 0) is 30.9 Å². The molecule has 2 aromatic heterocycles. The molecule has 3 rings (SSSR count). The molecule has 0 radical (unpaired) electrons. The first kappa shape index (κ1) is 14.9. The van der Waals surface area contributed by atoms with Crippen molar-refractivity contribution < 1.29 is 9.15 Å². The van der Waals surface area contributed by atoms with E-state index in [4.69, 9.17) is 9.15 Å². The maximum atomic E-state index is 6.00. The van der Waals surface area contributed by atoms with Gasteiger partial charge in [-0.1, -0.05) is 13.8 Å². The summed E-state index contributed by atoms with van der Waals surface area (Å²) in [7, 11) is 1.63. The summed E-state index contributed by atoms with van der Waals surface area (Å²) >= 11 is 0. The minimum atomic E-state index is 0.191. The molecule has 3 heterocycles. The summed E-state index contributed by atoms with van der Waals surface area (Å²) in [6.45, 7) is 5.33. The maximum Gasteiger partial charge on any atom is 0.229 e. The molecule has 0 amide bonds. The van der Waals surface area contributed by atoms with Crippen LogP contribution in [0, 0.1) is 5.92 Å². The third-order valence-corrected chi connectivity index (χ3v) is 4.31. The van der Waals surface area contributed by atoms with E-state index >= 15 is 0 Å². The van der Waals surface area contributed by atoms with E-state index in [0.717, 1.165) is 37.3 Å². The average molecular weight is 301 g/mol. The molecule has 1 aliphatic rings. The van der Waals surface area contributed by atoms with Crippen molar-refractivity contribution in [2.24, 2.45) is 5.92 Å². The fourth-order valence-corrected chi connectivity index (χ4v) is 3.00. The molecule has 2 unspecified atom stereocenters. The van der Waals surface area contributed by atoms with Gasteiger partial charge in [-0.15, -0.1) is 0 Å². The number of methoxy groups -OCH3 is 1. The Morgan fingerprint density at radius 2 is 2.23 bits per heavy atom. The van der Waals surface area contributed by atoms with E-state index < -0.39 is 0 Å². The van der Waals surface area contributed by atoms with Gasteiger partial charge in [0, 0.05) is 25.2 Å². The van der Waals surface area contributed by atoms with Gasteiger partial charge in [-0.25, -0.2) is 4.98 Å². The summed E-state index contributed by atoms with van der Waals surface area (Å²) < 4.78 is 11.2. The lowest BCUT2D eigenvalue weighted by molar-refractivity contribution is 0.318. The molecule has 0 bridgehead atoms. The van der Waals surface area contributed by atoms with Crippen LogP contribution in [0.4, 0.5) is 5.95 Å². The Kier molecular flexibility index (Phi) is 4.32. The number of piperidine rings is 1. The molecule has 22 heavy (non-hydrogen) atoms. The zero-order valence-corrected chi connectivity index (χ0v) is 13.5. The van der Waals surface area contributed by atoms with Gasteiger partial charge in [0.2, 0.25) is 11.8 Å². The van der Waals surface area contributed by atoms with E-state index in [0.29, 0.717) is 17.7 Å². The van der Waals surface area contributed by atoms with Crippen molar-refractivity contribution in [3.05, 3.63) is 35.9 Å². The first-order valence-corrected chi connectivity index (χ1v) is 7.93. The second-order valence-corrected chi connectivity index (χ2v) is 5.90. The predicted octanol–water partition coefficient (Wildman–Crippen LogP) is 3.62. The first-order valence-electron chi connectivity index (χ1n) is 7.93. The smallest absolute Gasteiger partial charge is 0.229 e. The number of rotatable bonds is 4. The van der Waals surface area contributed by atoms with Gasteiger partial charge in [0.1, 0.15) is 11.5 Å². The van der Waals surface area contributed by atoms with Gasteiger partial charge < -0.3 is 14.1 Å². The zero-order valence-electron chi connectivity index (χ0n) is 13.5. The van der Waals surface area contributed by atoms with E-state index in [9.17, 15) is 0 Å². The quantitative estimate of drug-likeness (QED) is 0.863. The molecule has 5 nitrogen and oxygen atoms in total. The average Bonchev–Trinajstić information content (AvgIpc) is 3.04. The second kappa shape index (κ2) is 6.38. The summed E-state index contributed by atoms with van der Waals surface area (Å²) in [4.78, 5) is 11.2. The standard InChI is InChI=1S/C17H23N3O2/c1-4-13-5-6-15(22-13)14-11-12(2)8-10-20(14)17-18-9-7-16(19-17)21-3/h5-7,9,12,14H,4,8,10-11H2,1-3H3. The SMILES string of the molecule is CCc1ccc(C2CC(C)CCN2c2nccc(OC)n2)o1. The Hall–Kier alpha value is -2.04. The van der Waals surface area contributed by atoms with Crippen molar-refractivity contribution in [2.45, 2.75) is 39.2 Å². The molecule has 2 aromatic rings. The fourth-order valence-electron chi connectivity index (χ4n) is 3.00. The molecule has 118 valence electrons. The van der Waals surface area contributed by atoms with Gasteiger partial charge >= 0.3 is 0 Å². The lowest BCUT2D eigenvalue weighted by Gasteiger charge is -2.37. The highest BCUT2D eigenvalue weighted by molar-refractivity contribution is 5.37. The van der Waals surface area contributed by atoms with Crippen molar-refractivity contribution in [3.63, 3.8) is 0 Å². The molecule has 0 saturated carbocycles. The Morgan fingerprint density at radius 1 is 1.36 bits per heavy atom. The number of hydrogen-bond acceptors (Lipinski definition) is 5. The number of aromatic nitrogens is 2. The summed E-state index contributed by atoms with van der Waals surface area (Å²) in [5.41, 5.74) is 0. The Morgan fingerprint density at radius 3 is 2.95 bits per heavy atom. The molecular weight excluding hydrogens is 278 g/mol. The third-order valence-electron chi connectivity index (χ3n) is 4.31. The van der Waals surface area contributed by atoms with Crippen LogP contribution in [0.3, 0.4) is 0 Å². The van der Waals surface area contributed by atoms with E-state index in [1.807, 2.05) is 0 Å². The van der Waals surface area contributed by atoms with Crippen molar-refractivity contribution in [3.8, 4) is 5.88 Å². The van der Waals surface area contributed by atoms with E-state index in [1.54, 1.807) is 19.4 Å². The minimum absolute atomic E-state index is 0.191. The van der Waals surface area contributed by atoms with Gasteiger partial charge in [-0.2, -0.15) is 4.98 Å². The molecule has 0 N–H and O–H groups in total. The van der Waals surface area contributed by atoms with Crippen molar-refractivity contribution in [1.29, 1.82) is 0 Å². The lowest BCUT2D eigenvalue weighted by Crippen LogP contribution is -2.37. The van der Waals surface area contributed by atoms with Gasteiger partial charge in [-0.3, -0.25) is 0 Å². The topological polar surface area (TPSA) is 51.4 Å². The van der Waals surface area contributed by atoms with Gasteiger partial charge in [0.25, 0.3) is 0 Å². The van der Waals surface area contributed by atoms with Crippen LogP contribution in [0.25, 0.3) is 0 Å². The number of furan rings is 1. The molecule has 0 spiro atoms. The summed E-state index contributed by atoms with van der Waals surface area (Å²) in [5, 5.41) is 0. The van der Waals surface area contributed by atoms with Crippen LogP contribution in [0.1, 0.15) is 44.3 Å². The fraction of sp³-hybridized carbons (Fsp3) is 0.529. The molecular formula is C17H23N3O2. The Balaban J connectivity index is 1.92. The number of anilines is 1. The van der Waals surface area contributed by atoms with E-state index in [2.05, 4.69) is 40.8 Å². The first-order chi connectivity index (χ1) is 10.7. The summed E-state index contributed by atoms with van der Waals surface area (Å²) in [6.07, 6.45) is 4.85. The van der Waals surface area contributed by atoms with E-state index in [1.165, 1.54) is 0 Å². The van der Waals surface area contributed by atoms with Crippen molar-refractivity contribution >= 4 is 5.95 Å².